The fourth-order valence-corrected chi connectivity index (χ4v) is 1.94. The van der Waals surface area contributed by atoms with Gasteiger partial charge in [0, 0.05) is 12.0 Å². The van der Waals surface area contributed by atoms with Crippen LogP contribution >= 0.6 is 0 Å². The van der Waals surface area contributed by atoms with Crippen molar-refractivity contribution >= 4 is 5.78 Å². The molecule has 0 radical (unpaired) electrons. The number of benzene rings is 2. The van der Waals surface area contributed by atoms with Gasteiger partial charge in [0.25, 0.3) is 0 Å². The van der Waals surface area contributed by atoms with Gasteiger partial charge >= 0.3 is 0 Å². The summed E-state index contributed by atoms with van der Waals surface area (Å²) in [6.07, 6.45) is 0.474. The Labute approximate surface area is 108 Å². The third-order valence-electron chi connectivity index (χ3n) is 3.11. The molecule has 92 valence electrons. The zero-order valence-electron chi connectivity index (χ0n) is 10.9. The van der Waals surface area contributed by atoms with E-state index in [2.05, 4.69) is 13.8 Å². The van der Waals surface area contributed by atoms with Gasteiger partial charge in [-0.3, -0.25) is 4.79 Å². The van der Waals surface area contributed by atoms with E-state index >= 15 is 0 Å². The van der Waals surface area contributed by atoms with Crippen LogP contribution in [0.1, 0.15) is 41.3 Å². The average Bonchev–Trinajstić information content (AvgIpc) is 2.40. The van der Waals surface area contributed by atoms with Crippen molar-refractivity contribution < 1.29 is 4.79 Å². The van der Waals surface area contributed by atoms with Gasteiger partial charge in [-0.25, -0.2) is 0 Å². The predicted molar refractivity (Wildman–Crippen MR) is 75.0 cm³/mol. The Morgan fingerprint density at radius 2 is 1.56 bits per heavy atom. The minimum absolute atomic E-state index is 0.177. The lowest BCUT2D eigenvalue weighted by molar-refractivity contribution is 0.0993. The second kappa shape index (κ2) is 5.63. The molecule has 0 aromatic heterocycles. The highest BCUT2D eigenvalue weighted by Gasteiger charge is 2.07. The van der Waals surface area contributed by atoms with Gasteiger partial charge < -0.3 is 0 Å². The molecule has 0 amide bonds. The van der Waals surface area contributed by atoms with Gasteiger partial charge in [-0.15, -0.1) is 0 Å². The first-order valence-electron chi connectivity index (χ1n) is 6.34. The molecule has 2 rings (SSSR count). The summed E-state index contributed by atoms with van der Waals surface area (Å²) in [4.78, 5) is 12.1. The van der Waals surface area contributed by atoms with Crippen molar-refractivity contribution in [2.75, 3.05) is 0 Å². The zero-order valence-corrected chi connectivity index (χ0v) is 10.9. The fraction of sp³-hybridized carbons (Fsp3) is 0.235. The van der Waals surface area contributed by atoms with E-state index in [-0.39, 0.29) is 5.78 Å². The molecule has 0 atom stereocenters. The van der Waals surface area contributed by atoms with Gasteiger partial charge in [0.15, 0.2) is 5.78 Å². The van der Waals surface area contributed by atoms with Crippen molar-refractivity contribution in [3.63, 3.8) is 0 Å². The highest BCUT2D eigenvalue weighted by molar-refractivity contribution is 5.97. The highest BCUT2D eigenvalue weighted by Crippen LogP contribution is 2.15. The molecule has 0 aliphatic rings. The summed E-state index contributed by atoms with van der Waals surface area (Å²) in [6.45, 7) is 4.31. The second-order valence-electron chi connectivity index (χ2n) is 4.86. The number of carbonyl (C=O) groups excluding carboxylic acids is 1. The van der Waals surface area contributed by atoms with Crippen LogP contribution in [-0.4, -0.2) is 5.78 Å². The Kier molecular flexibility index (Phi) is 3.93. The molecule has 0 unspecified atom stereocenters. The Morgan fingerprint density at radius 3 is 2.11 bits per heavy atom. The molecule has 0 fully saturated rings. The van der Waals surface area contributed by atoms with Crippen molar-refractivity contribution in [2.24, 2.45) is 0 Å². The summed E-state index contributed by atoms with van der Waals surface area (Å²) >= 11 is 0. The average molecular weight is 238 g/mol. The van der Waals surface area contributed by atoms with Gasteiger partial charge in [-0.2, -0.15) is 0 Å². The monoisotopic (exact) mass is 238 g/mol. The smallest absolute Gasteiger partial charge is 0.167 e. The Balaban J connectivity index is 2.10. The maximum absolute atomic E-state index is 12.1. The van der Waals surface area contributed by atoms with Crippen molar-refractivity contribution in [1.29, 1.82) is 0 Å². The van der Waals surface area contributed by atoms with Crippen LogP contribution in [0.15, 0.2) is 54.6 Å². The summed E-state index contributed by atoms with van der Waals surface area (Å²) in [5.41, 5.74) is 3.13. The predicted octanol–water partition coefficient (Wildman–Crippen LogP) is 4.24. The van der Waals surface area contributed by atoms with Crippen LogP contribution in [0.2, 0.25) is 0 Å². The maximum atomic E-state index is 12.1. The van der Waals surface area contributed by atoms with E-state index in [9.17, 15) is 4.79 Å². The van der Waals surface area contributed by atoms with Gasteiger partial charge in [0.1, 0.15) is 0 Å². The highest BCUT2D eigenvalue weighted by atomic mass is 16.1. The molecular formula is C17H18O. The van der Waals surface area contributed by atoms with Crippen molar-refractivity contribution in [2.45, 2.75) is 26.2 Å². The van der Waals surface area contributed by atoms with Crippen LogP contribution in [0, 0.1) is 0 Å². The second-order valence-corrected chi connectivity index (χ2v) is 4.86. The van der Waals surface area contributed by atoms with Gasteiger partial charge in [-0.1, -0.05) is 68.4 Å². The van der Waals surface area contributed by atoms with E-state index in [0.717, 1.165) is 11.1 Å². The van der Waals surface area contributed by atoms with E-state index in [1.807, 2.05) is 54.6 Å². The minimum Gasteiger partial charge on any atom is -0.294 e. The van der Waals surface area contributed by atoms with Crippen molar-refractivity contribution in [1.82, 2.24) is 0 Å². The van der Waals surface area contributed by atoms with Crippen LogP contribution in [0.5, 0.6) is 0 Å². The van der Waals surface area contributed by atoms with Crippen LogP contribution in [0.25, 0.3) is 0 Å². The Morgan fingerprint density at radius 1 is 0.944 bits per heavy atom. The van der Waals surface area contributed by atoms with Crippen molar-refractivity contribution in [3.05, 3.63) is 71.3 Å². The topological polar surface area (TPSA) is 17.1 Å². The Bertz CT molecular complexity index is 509. The first-order chi connectivity index (χ1) is 8.66. The summed E-state index contributed by atoms with van der Waals surface area (Å²) in [7, 11) is 0. The van der Waals surface area contributed by atoms with Crippen LogP contribution in [-0.2, 0) is 6.42 Å². The van der Waals surface area contributed by atoms with E-state index in [4.69, 9.17) is 0 Å². The standard InChI is InChI=1S/C17H18O/c1-13(2)15-8-10-16(11-9-15)17(18)12-14-6-4-3-5-7-14/h3-11,13H,12H2,1-2H3. The van der Waals surface area contributed by atoms with E-state index in [0.29, 0.717) is 12.3 Å². The van der Waals surface area contributed by atoms with E-state index in [1.54, 1.807) is 0 Å². The van der Waals surface area contributed by atoms with Gasteiger partial charge in [0.2, 0.25) is 0 Å². The van der Waals surface area contributed by atoms with Crippen LogP contribution < -0.4 is 0 Å². The lowest BCUT2D eigenvalue weighted by Gasteiger charge is -2.06. The summed E-state index contributed by atoms with van der Waals surface area (Å²) in [5, 5.41) is 0. The normalized spacial score (nSPS) is 10.6. The van der Waals surface area contributed by atoms with Crippen LogP contribution in [0.3, 0.4) is 0 Å². The third kappa shape index (κ3) is 3.07. The molecule has 0 spiro atoms. The minimum atomic E-state index is 0.177. The maximum Gasteiger partial charge on any atom is 0.167 e. The molecule has 0 aliphatic carbocycles. The molecule has 0 heterocycles. The molecule has 0 saturated carbocycles. The SMILES string of the molecule is CC(C)c1ccc(C(=O)Cc2ccccc2)cc1. The number of Topliss-reactive ketones (excluding diaryl/α,β-unsaturated/α-hetero) is 1. The first kappa shape index (κ1) is 12.6. The zero-order chi connectivity index (χ0) is 13.0. The molecule has 1 nitrogen and oxygen atoms in total. The quantitative estimate of drug-likeness (QED) is 0.728. The van der Waals surface area contributed by atoms with Gasteiger partial charge in [0.05, 0.1) is 0 Å². The largest absolute Gasteiger partial charge is 0.294 e. The molecular weight excluding hydrogens is 220 g/mol. The lowest BCUT2D eigenvalue weighted by Crippen LogP contribution is -2.03. The summed E-state index contributed by atoms with van der Waals surface area (Å²) in [5.74, 6) is 0.680. The Hall–Kier alpha value is -1.89. The third-order valence-corrected chi connectivity index (χ3v) is 3.11. The summed E-state index contributed by atoms with van der Waals surface area (Å²) < 4.78 is 0. The fourth-order valence-electron chi connectivity index (χ4n) is 1.94. The van der Waals surface area contributed by atoms with Gasteiger partial charge in [-0.05, 0) is 17.0 Å². The molecule has 0 bridgehead atoms. The molecule has 1 heteroatoms. The van der Waals surface area contributed by atoms with Crippen molar-refractivity contribution in [3.8, 4) is 0 Å². The summed E-state index contributed by atoms with van der Waals surface area (Å²) in [6, 6.07) is 17.8. The molecule has 0 saturated heterocycles. The number of hydrogen-bond donors (Lipinski definition) is 0. The molecule has 2 aromatic carbocycles. The molecule has 2 aromatic rings. The molecule has 18 heavy (non-hydrogen) atoms. The number of hydrogen-bond acceptors (Lipinski definition) is 1. The number of ketones is 1. The number of carbonyl (C=O) groups is 1. The van der Waals surface area contributed by atoms with Crippen LogP contribution in [0.4, 0.5) is 0 Å². The van der Waals surface area contributed by atoms with E-state index in [1.165, 1.54) is 5.56 Å². The first-order valence-corrected chi connectivity index (χ1v) is 6.34. The lowest BCUT2D eigenvalue weighted by atomic mass is 9.98. The number of rotatable bonds is 4. The molecule has 0 aliphatic heterocycles. The van der Waals surface area contributed by atoms with E-state index < -0.39 is 0 Å². The molecule has 0 N–H and O–H groups in total.